The first kappa shape index (κ1) is 19.7. The van der Waals surface area contributed by atoms with Crippen LogP contribution < -0.4 is 15.4 Å². The van der Waals surface area contributed by atoms with E-state index in [-0.39, 0.29) is 6.03 Å². The van der Waals surface area contributed by atoms with Crippen LogP contribution in [0.3, 0.4) is 0 Å². The summed E-state index contributed by atoms with van der Waals surface area (Å²) in [6, 6.07) is 20.7. The topological polar surface area (TPSA) is 63.2 Å². The molecule has 5 nitrogen and oxygen atoms in total. The Morgan fingerprint density at radius 2 is 1.90 bits per heavy atom. The summed E-state index contributed by atoms with van der Waals surface area (Å²) in [5, 5.41) is 8.30. The average molecular weight is 418 g/mol. The number of carbonyl (C=O) groups is 1. The number of hydrogen-bond donors (Lipinski definition) is 2. The van der Waals surface area contributed by atoms with Gasteiger partial charge in [0, 0.05) is 35.0 Å². The van der Waals surface area contributed by atoms with Crippen LogP contribution in [0.5, 0.6) is 5.75 Å². The Bertz CT molecular complexity index is 1210. The molecule has 0 bridgehead atoms. The fourth-order valence-corrected chi connectivity index (χ4v) is 3.55. The highest BCUT2D eigenvalue weighted by Gasteiger charge is 2.10. The molecule has 4 rings (SSSR count). The molecule has 2 N–H and O–H groups in total. The minimum Gasteiger partial charge on any atom is -0.497 e. The van der Waals surface area contributed by atoms with Crippen molar-refractivity contribution in [1.29, 1.82) is 0 Å². The van der Waals surface area contributed by atoms with Crippen molar-refractivity contribution >= 4 is 34.1 Å². The normalized spacial score (nSPS) is 10.6. The lowest BCUT2D eigenvalue weighted by Gasteiger charge is -2.13. The standard InChI is InChI=1S/C24H20ClN3O2/c1-30-20-7-2-4-16(12-20)21-9-8-17(23-15-26-11-10-22(21)23)14-27-24(29)28-19-6-3-5-18(25)13-19/h2-13,15H,14H2,1H3,(H2,27,28,29). The van der Waals surface area contributed by atoms with Gasteiger partial charge in [-0.25, -0.2) is 4.79 Å². The van der Waals surface area contributed by atoms with Gasteiger partial charge in [0.2, 0.25) is 0 Å². The van der Waals surface area contributed by atoms with E-state index in [2.05, 4.69) is 21.7 Å². The van der Waals surface area contributed by atoms with Crippen molar-refractivity contribution in [3.05, 3.63) is 89.7 Å². The van der Waals surface area contributed by atoms with E-state index in [1.54, 1.807) is 37.6 Å². The second kappa shape index (κ2) is 8.84. The number of amides is 2. The Kier molecular flexibility index (Phi) is 5.82. The van der Waals surface area contributed by atoms with E-state index < -0.39 is 0 Å². The van der Waals surface area contributed by atoms with Crippen LogP contribution in [0.4, 0.5) is 10.5 Å². The number of anilines is 1. The van der Waals surface area contributed by atoms with E-state index in [1.807, 2.05) is 42.6 Å². The molecule has 0 fully saturated rings. The van der Waals surface area contributed by atoms with E-state index in [1.165, 1.54) is 0 Å². The molecule has 0 aliphatic heterocycles. The summed E-state index contributed by atoms with van der Waals surface area (Å²) in [7, 11) is 1.66. The zero-order valence-corrected chi connectivity index (χ0v) is 17.1. The van der Waals surface area contributed by atoms with Crippen molar-refractivity contribution in [2.45, 2.75) is 6.54 Å². The third-order valence-electron chi connectivity index (χ3n) is 4.81. The smallest absolute Gasteiger partial charge is 0.319 e. The Labute approximate surface area is 179 Å². The predicted molar refractivity (Wildman–Crippen MR) is 121 cm³/mol. The number of urea groups is 1. The van der Waals surface area contributed by atoms with Gasteiger partial charge >= 0.3 is 6.03 Å². The number of rotatable bonds is 5. The molecule has 0 atom stereocenters. The fraction of sp³-hybridized carbons (Fsp3) is 0.0833. The number of methoxy groups -OCH3 is 1. The van der Waals surface area contributed by atoms with Gasteiger partial charge in [0.15, 0.2) is 0 Å². The molecule has 1 aromatic heterocycles. The zero-order valence-electron chi connectivity index (χ0n) is 16.4. The number of benzene rings is 3. The van der Waals surface area contributed by atoms with Crippen molar-refractivity contribution < 1.29 is 9.53 Å². The van der Waals surface area contributed by atoms with Crippen molar-refractivity contribution in [2.24, 2.45) is 0 Å². The molecule has 6 heteroatoms. The van der Waals surface area contributed by atoms with Crippen molar-refractivity contribution in [1.82, 2.24) is 10.3 Å². The SMILES string of the molecule is COc1cccc(-c2ccc(CNC(=O)Nc3cccc(Cl)c3)c3cnccc23)c1. The molecule has 4 aromatic rings. The summed E-state index contributed by atoms with van der Waals surface area (Å²) in [5.74, 6) is 0.804. The van der Waals surface area contributed by atoms with Gasteiger partial charge in [0.1, 0.15) is 5.75 Å². The summed E-state index contributed by atoms with van der Waals surface area (Å²) >= 11 is 5.96. The number of nitrogens with zero attached hydrogens (tertiary/aromatic N) is 1. The van der Waals surface area contributed by atoms with Gasteiger partial charge in [0.25, 0.3) is 0 Å². The average Bonchev–Trinajstić information content (AvgIpc) is 2.77. The van der Waals surface area contributed by atoms with Gasteiger partial charge in [-0.2, -0.15) is 0 Å². The molecule has 0 spiro atoms. The maximum Gasteiger partial charge on any atom is 0.319 e. The van der Waals surface area contributed by atoms with E-state index in [4.69, 9.17) is 16.3 Å². The minimum atomic E-state index is -0.300. The second-order valence-electron chi connectivity index (χ2n) is 6.74. The van der Waals surface area contributed by atoms with E-state index in [0.29, 0.717) is 17.3 Å². The molecule has 2 amide bonds. The second-order valence-corrected chi connectivity index (χ2v) is 7.18. The highest BCUT2D eigenvalue weighted by atomic mass is 35.5. The van der Waals surface area contributed by atoms with Gasteiger partial charge in [-0.1, -0.05) is 41.9 Å². The first-order valence-corrected chi connectivity index (χ1v) is 9.82. The fourth-order valence-electron chi connectivity index (χ4n) is 3.36. The lowest BCUT2D eigenvalue weighted by atomic mass is 9.96. The molecule has 0 saturated carbocycles. The number of hydrogen-bond acceptors (Lipinski definition) is 3. The number of pyridine rings is 1. The zero-order chi connectivity index (χ0) is 20.9. The van der Waals surface area contributed by atoms with E-state index >= 15 is 0 Å². The maximum absolute atomic E-state index is 12.3. The Morgan fingerprint density at radius 3 is 2.73 bits per heavy atom. The largest absolute Gasteiger partial charge is 0.497 e. The Morgan fingerprint density at radius 1 is 1.03 bits per heavy atom. The summed E-state index contributed by atoms with van der Waals surface area (Å²) in [6.45, 7) is 0.368. The van der Waals surface area contributed by atoms with Crippen LogP contribution >= 0.6 is 11.6 Å². The van der Waals surface area contributed by atoms with E-state index in [9.17, 15) is 4.79 Å². The van der Waals surface area contributed by atoms with Crippen LogP contribution in [0.25, 0.3) is 21.9 Å². The van der Waals surface area contributed by atoms with Crippen LogP contribution in [0.1, 0.15) is 5.56 Å². The minimum absolute atomic E-state index is 0.300. The third-order valence-corrected chi connectivity index (χ3v) is 5.05. The lowest BCUT2D eigenvalue weighted by molar-refractivity contribution is 0.252. The number of aromatic nitrogens is 1. The van der Waals surface area contributed by atoms with Crippen LogP contribution in [-0.4, -0.2) is 18.1 Å². The highest BCUT2D eigenvalue weighted by molar-refractivity contribution is 6.30. The maximum atomic E-state index is 12.3. The summed E-state index contributed by atoms with van der Waals surface area (Å²) in [5.41, 5.74) is 3.76. The van der Waals surface area contributed by atoms with Gasteiger partial charge in [0.05, 0.1) is 7.11 Å². The summed E-state index contributed by atoms with van der Waals surface area (Å²) < 4.78 is 5.36. The summed E-state index contributed by atoms with van der Waals surface area (Å²) in [6.07, 6.45) is 3.60. The van der Waals surface area contributed by atoms with Crippen molar-refractivity contribution in [3.8, 4) is 16.9 Å². The molecular weight excluding hydrogens is 398 g/mol. The van der Waals surface area contributed by atoms with Gasteiger partial charge < -0.3 is 15.4 Å². The molecule has 30 heavy (non-hydrogen) atoms. The number of carbonyl (C=O) groups excluding carboxylic acids is 1. The van der Waals surface area contributed by atoms with Crippen molar-refractivity contribution in [2.75, 3.05) is 12.4 Å². The summed E-state index contributed by atoms with van der Waals surface area (Å²) in [4.78, 5) is 16.6. The van der Waals surface area contributed by atoms with Crippen molar-refractivity contribution in [3.63, 3.8) is 0 Å². The lowest BCUT2D eigenvalue weighted by Crippen LogP contribution is -2.28. The molecular formula is C24H20ClN3O2. The number of halogens is 1. The molecule has 0 aliphatic carbocycles. The molecule has 0 unspecified atom stereocenters. The number of fused-ring (bicyclic) bond motifs is 1. The highest BCUT2D eigenvalue weighted by Crippen LogP contribution is 2.32. The van der Waals surface area contributed by atoms with Crippen LogP contribution in [0, 0.1) is 0 Å². The molecule has 3 aromatic carbocycles. The number of nitrogens with one attached hydrogen (secondary N) is 2. The predicted octanol–water partition coefficient (Wildman–Crippen LogP) is 5.89. The molecule has 0 saturated heterocycles. The molecule has 1 heterocycles. The van der Waals surface area contributed by atoms with Gasteiger partial charge in [-0.15, -0.1) is 0 Å². The molecule has 150 valence electrons. The first-order valence-electron chi connectivity index (χ1n) is 9.44. The Hall–Kier alpha value is -3.57. The van der Waals surface area contributed by atoms with Crippen LogP contribution in [0.15, 0.2) is 79.1 Å². The molecule has 0 aliphatic rings. The Balaban J connectivity index is 1.57. The van der Waals surface area contributed by atoms with E-state index in [0.717, 1.165) is 33.2 Å². The van der Waals surface area contributed by atoms with Crippen LogP contribution in [0.2, 0.25) is 5.02 Å². The van der Waals surface area contributed by atoms with Gasteiger partial charge in [-0.05, 0) is 58.5 Å². The quantitative estimate of drug-likeness (QED) is 0.426. The monoisotopic (exact) mass is 417 g/mol. The number of ether oxygens (including phenoxy) is 1. The first-order chi connectivity index (χ1) is 14.6. The third kappa shape index (κ3) is 4.36. The molecule has 0 radical (unpaired) electrons. The van der Waals surface area contributed by atoms with Crippen LogP contribution in [-0.2, 0) is 6.54 Å². The van der Waals surface area contributed by atoms with Gasteiger partial charge in [-0.3, -0.25) is 4.98 Å².